The van der Waals surface area contributed by atoms with Gasteiger partial charge in [-0.2, -0.15) is 0 Å². The highest BCUT2D eigenvalue weighted by atomic mass is 35.5. The Morgan fingerprint density at radius 2 is 2.00 bits per heavy atom. The number of aromatic nitrogens is 1. The molecule has 1 aromatic carbocycles. The molecule has 0 bridgehead atoms. The van der Waals surface area contributed by atoms with Gasteiger partial charge in [0.25, 0.3) is 5.56 Å². The molecule has 1 aromatic heterocycles. The number of rotatable bonds is 4. The Kier molecular flexibility index (Phi) is 5.19. The number of amides is 2. The van der Waals surface area contributed by atoms with Crippen molar-refractivity contribution >= 4 is 23.3 Å². The van der Waals surface area contributed by atoms with Crippen molar-refractivity contribution in [2.24, 2.45) is 7.05 Å². The van der Waals surface area contributed by atoms with Gasteiger partial charge >= 0.3 is 6.03 Å². The van der Waals surface area contributed by atoms with Crippen LogP contribution in [0.15, 0.2) is 47.4 Å². The van der Waals surface area contributed by atoms with Gasteiger partial charge in [0.1, 0.15) is 5.69 Å². The maximum Gasteiger partial charge on any atom is 0.319 e. The second-order valence-electron chi connectivity index (χ2n) is 4.74. The van der Waals surface area contributed by atoms with Crippen LogP contribution in [0.25, 0.3) is 0 Å². The maximum absolute atomic E-state index is 11.8. The van der Waals surface area contributed by atoms with E-state index in [0.29, 0.717) is 10.6 Å². The third-order valence-electron chi connectivity index (χ3n) is 3.08. The van der Waals surface area contributed by atoms with Crippen LogP contribution in [0.3, 0.4) is 0 Å². The van der Waals surface area contributed by atoms with Crippen molar-refractivity contribution < 1.29 is 9.90 Å². The number of anilines is 1. The van der Waals surface area contributed by atoms with Crippen LogP contribution in [0.2, 0.25) is 5.02 Å². The van der Waals surface area contributed by atoms with E-state index in [0.717, 1.165) is 0 Å². The van der Waals surface area contributed by atoms with Gasteiger partial charge in [-0.3, -0.25) is 4.79 Å². The summed E-state index contributed by atoms with van der Waals surface area (Å²) in [5.74, 6) is 0. The van der Waals surface area contributed by atoms with Crippen LogP contribution >= 0.6 is 11.6 Å². The fraction of sp³-hybridized carbons (Fsp3) is 0.200. The third-order valence-corrected chi connectivity index (χ3v) is 3.33. The number of carbonyl (C=O) groups excluding carboxylic acids is 1. The zero-order chi connectivity index (χ0) is 16.1. The lowest BCUT2D eigenvalue weighted by atomic mass is 10.1. The summed E-state index contributed by atoms with van der Waals surface area (Å²) in [6.07, 6.45) is 0.733. The van der Waals surface area contributed by atoms with E-state index in [4.69, 9.17) is 11.6 Å². The van der Waals surface area contributed by atoms with Crippen LogP contribution in [0.4, 0.5) is 10.5 Å². The fourth-order valence-corrected chi connectivity index (χ4v) is 1.98. The van der Waals surface area contributed by atoms with Gasteiger partial charge in [-0.15, -0.1) is 0 Å². The Labute approximate surface area is 132 Å². The van der Waals surface area contributed by atoms with Crippen molar-refractivity contribution in [2.45, 2.75) is 6.10 Å². The van der Waals surface area contributed by atoms with Gasteiger partial charge < -0.3 is 20.3 Å². The normalized spacial score (nSPS) is 11.8. The van der Waals surface area contributed by atoms with Gasteiger partial charge in [0, 0.05) is 24.8 Å². The first-order chi connectivity index (χ1) is 10.5. The molecule has 0 saturated heterocycles. The minimum Gasteiger partial charge on any atom is -0.387 e. The average molecular weight is 322 g/mol. The zero-order valence-electron chi connectivity index (χ0n) is 11.9. The molecule has 1 unspecified atom stereocenters. The van der Waals surface area contributed by atoms with E-state index >= 15 is 0 Å². The van der Waals surface area contributed by atoms with Crippen LogP contribution in [0.1, 0.15) is 11.7 Å². The van der Waals surface area contributed by atoms with Crippen LogP contribution in [0.5, 0.6) is 0 Å². The molecule has 7 heteroatoms. The predicted octanol–water partition coefficient (Wildman–Crippen LogP) is 1.89. The van der Waals surface area contributed by atoms with Crippen LogP contribution in [-0.4, -0.2) is 22.2 Å². The number of aliphatic hydroxyl groups is 1. The lowest BCUT2D eigenvalue weighted by Gasteiger charge is -2.13. The molecule has 0 saturated carbocycles. The third kappa shape index (κ3) is 4.09. The average Bonchev–Trinajstić information content (AvgIpc) is 2.50. The Hall–Kier alpha value is -2.31. The number of pyridine rings is 1. The molecule has 2 amide bonds. The highest BCUT2D eigenvalue weighted by Crippen LogP contribution is 2.15. The zero-order valence-corrected chi connectivity index (χ0v) is 12.7. The summed E-state index contributed by atoms with van der Waals surface area (Å²) in [5, 5.41) is 15.5. The molecular formula is C15H16ClN3O3. The van der Waals surface area contributed by atoms with Crippen molar-refractivity contribution in [1.82, 2.24) is 9.88 Å². The lowest BCUT2D eigenvalue weighted by Crippen LogP contribution is -2.34. The molecule has 0 aliphatic heterocycles. The van der Waals surface area contributed by atoms with Crippen molar-refractivity contribution in [2.75, 3.05) is 11.9 Å². The van der Waals surface area contributed by atoms with E-state index in [9.17, 15) is 14.7 Å². The number of nitrogens with zero attached hydrogens (tertiary/aromatic N) is 1. The first-order valence-electron chi connectivity index (χ1n) is 6.61. The molecule has 2 aromatic rings. The summed E-state index contributed by atoms with van der Waals surface area (Å²) >= 11 is 5.77. The molecular weight excluding hydrogens is 306 g/mol. The van der Waals surface area contributed by atoms with E-state index in [1.54, 1.807) is 43.6 Å². The molecule has 116 valence electrons. The highest BCUT2D eigenvalue weighted by molar-refractivity contribution is 6.30. The number of carbonyl (C=O) groups is 1. The van der Waals surface area contributed by atoms with Crippen LogP contribution in [0, 0.1) is 0 Å². The first kappa shape index (κ1) is 16.1. The van der Waals surface area contributed by atoms with E-state index in [-0.39, 0.29) is 17.8 Å². The van der Waals surface area contributed by atoms with Crippen molar-refractivity contribution in [3.63, 3.8) is 0 Å². The van der Waals surface area contributed by atoms with E-state index in [1.807, 2.05) is 0 Å². The number of halogens is 1. The molecule has 6 nitrogen and oxygen atoms in total. The lowest BCUT2D eigenvalue weighted by molar-refractivity contribution is 0.175. The molecule has 0 radical (unpaired) electrons. The number of aryl methyl sites for hydroxylation is 1. The van der Waals surface area contributed by atoms with Gasteiger partial charge in [0.15, 0.2) is 0 Å². The van der Waals surface area contributed by atoms with Crippen LogP contribution < -0.4 is 16.2 Å². The van der Waals surface area contributed by atoms with Gasteiger partial charge in [0.05, 0.1) is 6.10 Å². The molecule has 1 heterocycles. The minimum atomic E-state index is -0.860. The number of aliphatic hydroxyl groups excluding tert-OH is 1. The van der Waals surface area contributed by atoms with Gasteiger partial charge in [-0.25, -0.2) is 4.79 Å². The largest absolute Gasteiger partial charge is 0.387 e. The molecule has 0 fully saturated rings. The summed E-state index contributed by atoms with van der Waals surface area (Å²) in [6.45, 7) is 0.0145. The number of nitrogens with one attached hydrogen (secondary N) is 2. The Morgan fingerprint density at radius 1 is 1.32 bits per heavy atom. The van der Waals surface area contributed by atoms with Crippen molar-refractivity contribution in [3.05, 3.63) is 63.5 Å². The molecule has 0 spiro atoms. The van der Waals surface area contributed by atoms with Gasteiger partial charge in [-0.05, 0) is 29.8 Å². The monoisotopic (exact) mass is 321 g/mol. The summed E-state index contributed by atoms with van der Waals surface area (Å²) in [4.78, 5) is 23.5. The SMILES string of the molecule is Cn1cccc(NC(=O)NCC(O)c2ccc(Cl)cc2)c1=O. The number of urea groups is 1. The van der Waals surface area contributed by atoms with Gasteiger partial charge in [0.2, 0.25) is 0 Å². The van der Waals surface area contributed by atoms with E-state index < -0.39 is 12.1 Å². The summed E-state index contributed by atoms with van der Waals surface area (Å²) in [7, 11) is 1.59. The number of hydrogen-bond donors (Lipinski definition) is 3. The Morgan fingerprint density at radius 3 is 2.68 bits per heavy atom. The smallest absolute Gasteiger partial charge is 0.319 e. The number of benzene rings is 1. The molecule has 0 aliphatic rings. The minimum absolute atomic E-state index is 0.0145. The quantitative estimate of drug-likeness (QED) is 0.804. The standard InChI is InChI=1S/C15H16ClN3O3/c1-19-8-2-3-12(14(19)21)18-15(22)17-9-13(20)10-4-6-11(16)7-5-10/h2-8,13,20H,9H2,1H3,(H2,17,18,22). The van der Waals surface area contributed by atoms with E-state index in [1.165, 1.54) is 10.6 Å². The Balaban J connectivity index is 1.91. The molecule has 1 atom stereocenters. The second-order valence-corrected chi connectivity index (χ2v) is 5.18. The van der Waals surface area contributed by atoms with Crippen molar-refractivity contribution in [1.29, 1.82) is 0 Å². The molecule has 3 N–H and O–H groups in total. The topological polar surface area (TPSA) is 83.4 Å². The van der Waals surface area contributed by atoms with Crippen molar-refractivity contribution in [3.8, 4) is 0 Å². The predicted molar refractivity (Wildman–Crippen MR) is 85.1 cm³/mol. The van der Waals surface area contributed by atoms with Crippen LogP contribution in [-0.2, 0) is 7.05 Å². The summed E-state index contributed by atoms with van der Waals surface area (Å²) in [5.41, 5.74) is 0.500. The highest BCUT2D eigenvalue weighted by Gasteiger charge is 2.10. The summed E-state index contributed by atoms with van der Waals surface area (Å²) < 4.78 is 1.36. The number of hydrogen-bond acceptors (Lipinski definition) is 3. The Bertz CT molecular complexity index is 713. The fourth-order valence-electron chi connectivity index (χ4n) is 1.85. The molecule has 22 heavy (non-hydrogen) atoms. The van der Waals surface area contributed by atoms with E-state index in [2.05, 4.69) is 10.6 Å². The maximum atomic E-state index is 11.8. The van der Waals surface area contributed by atoms with Gasteiger partial charge in [-0.1, -0.05) is 23.7 Å². The first-order valence-corrected chi connectivity index (χ1v) is 6.99. The molecule has 2 rings (SSSR count). The second kappa shape index (κ2) is 7.11. The summed E-state index contributed by atoms with van der Waals surface area (Å²) in [6, 6.07) is 9.29. The molecule has 0 aliphatic carbocycles.